The average molecular weight is 306 g/mol. The van der Waals surface area contributed by atoms with Crippen LogP contribution in [0.1, 0.15) is 29.9 Å². The molecule has 1 aromatic carbocycles. The molecule has 2 aromatic rings. The van der Waals surface area contributed by atoms with Gasteiger partial charge in [-0.1, -0.05) is 30.3 Å². The number of halogens is 3. The maximum atomic E-state index is 13.1. The molecule has 5 heteroatoms. The number of hydrogen-bond donors (Lipinski definition) is 0. The topological polar surface area (TPSA) is 16.1 Å². The van der Waals surface area contributed by atoms with Crippen molar-refractivity contribution in [2.45, 2.75) is 24.9 Å². The van der Waals surface area contributed by atoms with Crippen LogP contribution in [0, 0.1) is 0 Å². The first kappa shape index (κ1) is 14.9. The molecule has 0 amide bonds. The zero-order valence-electron chi connectivity index (χ0n) is 12.1. The summed E-state index contributed by atoms with van der Waals surface area (Å²) in [4.78, 5) is 5.45. The highest BCUT2D eigenvalue weighted by Gasteiger charge is 2.36. The number of benzene rings is 1. The fourth-order valence-electron chi connectivity index (χ4n) is 3.06. The summed E-state index contributed by atoms with van der Waals surface area (Å²) in [5.41, 5.74) is 0.870. The van der Waals surface area contributed by atoms with Gasteiger partial charge in [0.05, 0.1) is 11.3 Å². The van der Waals surface area contributed by atoms with Gasteiger partial charge < -0.3 is 4.90 Å². The second kappa shape index (κ2) is 5.99. The monoisotopic (exact) mass is 306 g/mol. The molecule has 3 rings (SSSR count). The van der Waals surface area contributed by atoms with E-state index in [0.717, 1.165) is 19.0 Å². The molecule has 2 heterocycles. The maximum absolute atomic E-state index is 13.1. The van der Waals surface area contributed by atoms with E-state index in [1.54, 1.807) is 0 Å². The van der Waals surface area contributed by atoms with Gasteiger partial charge in [-0.2, -0.15) is 13.2 Å². The first-order chi connectivity index (χ1) is 10.6. The Hall–Kier alpha value is -2.04. The molecule has 1 aliphatic rings. The number of aromatic nitrogens is 1. The zero-order valence-corrected chi connectivity index (χ0v) is 12.1. The molecule has 116 valence electrons. The van der Waals surface area contributed by atoms with Gasteiger partial charge in [0.2, 0.25) is 0 Å². The molecule has 0 atom stereocenters. The van der Waals surface area contributed by atoms with E-state index < -0.39 is 11.7 Å². The Balaban J connectivity index is 1.75. The maximum Gasteiger partial charge on any atom is 0.419 e. The molecular weight excluding hydrogens is 289 g/mol. The van der Waals surface area contributed by atoms with E-state index in [1.165, 1.54) is 17.8 Å². The van der Waals surface area contributed by atoms with Crippen LogP contribution in [0.15, 0.2) is 48.8 Å². The molecule has 2 nitrogen and oxygen atoms in total. The minimum atomic E-state index is -4.36. The highest BCUT2D eigenvalue weighted by atomic mass is 19.4. The molecule has 0 bridgehead atoms. The zero-order chi connectivity index (χ0) is 15.6. The predicted octanol–water partition coefficient (Wildman–Crippen LogP) is 4.48. The van der Waals surface area contributed by atoms with E-state index >= 15 is 0 Å². The molecule has 0 saturated carbocycles. The summed E-state index contributed by atoms with van der Waals surface area (Å²) in [5, 5.41) is 0. The number of alkyl halides is 3. The summed E-state index contributed by atoms with van der Waals surface area (Å²) in [6, 6.07) is 11.6. The van der Waals surface area contributed by atoms with Gasteiger partial charge >= 0.3 is 6.18 Å². The van der Waals surface area contributed by atoms with Gasteiger partial charge in [-0.25, -0.2) is 0 Å². The Morgan fingerprint density at radius 1 is 1.00 bits per heavy atom. The van der Waals surface area contributed by atoms with E-state index in [2.05, 4.69) is 17.1 Å². The van der Waals surface area contributed by atoms with Gasteiger partial charge in [0.15, 0.2) is 0 Å². The van der Waals surface area contributed by atoms with Crippen molar-refractivity contribution in [2.75, 3.05) is 18.0 Å². The van der Waals surface area contributed by atoms with Gasteiger partial charge in [-0.15, -0.1) is 0 Å². The fraction of sp³-hybridized carbons (Fsp3) is 0.353. The SMILES string of the molecule is FC(F)(F)c1cnccc1N1CCC(c2ccccc2)CC1. The molecule has 1 saturated heterocycles. The molecule has 0 radical (unpaired) electrons. The van der Waals surface area contributed by atoms with Crippen molar-refractivity contribution in [3.8, 4) is 0 Å². The van der Waals surface area contributed by atoms with Gasteiger partial charge in [0.1, 0.15) is 0 Å². The van der Waals surface area contributed by atoms with Crippen molar-refractivity contribution in [1.29, 1.82) is 0 Å². The molecule has 0 N–H and O–H groups in total. The van der Waals surface area contributed by atoms with Crippen LogP contribution in [-0.2, 0) is 6.18 Å². The Labute approximate surface area is 127 Å². The van der Waals surface area contributed by atoms with E-state index in [9.17, 15) is 13.2 Å². The van der Waals surface area contributed by atoms with E-state index in [4.69, 9.17) is 0 Å². The quantitative estimate of drug-likeness (QED) is 0.813. The third-order valence-electron chi connectivity index (χ3n) is 4.21. The number of hydrogen-bond acceptors (Lipinski definition) is 2. The molecule has 22 heavy (non-hydrogen) atoms. The highest BCUT2D eigenvalue weighted by molar-refractivity contribution is 5.54. The summed E-state index contributed by atoms with van der Waals surface area (Å²) in [6.45, 7) is 1.26. The average Bonchev–Trinajstić information content (AvgIpc) is 2.55. The van der Waals surface area contributed by atoms with E-state index in [-0.39, 0.29) is 5.69 Å². The van der Waals surface area contributed by atoms with Crippen LogP contribution >= 0.6 is 0 Å². The van der Waals surface area contributed by atoms with Crippen LogP contribution in [0.5, 0.6) is 0 Å². The third kappa shape index (κ3) is 3.08. The Morgan fingerprint density at radius 2 is 1.68 bits per heavy atom. The predicted molar refractivity (Wildman–Crippen MR) is 79.9 cm³/mol. The number of rotatable bonds is 2. The van der Waals surface area contributed by atoms with Crippen LogP contribution in [-0.4, -0.2) is 18.1 Å². The smallest absolute Gasteiger partial charge is 0.371 e. The van der Waals surface area contributed by atoms with Crippen molar-refractivity contribution in [3.63, 3.8) is 0 Å². The number of anilines is 1. The second-order valence-corrected chi connectivity index (χ2v) is 5.56. The van der Waals surface area contributed by atoms with Gasteiger partial charge in [0, 0.05) is 25.5 Å². The molecule has 1 aliphatic heterocycles. The number of nitrogens with zero attached hydrogens (tertiary/aromatic N) is 2. The van der Waals surface area contributed by atoms with Crippen LogP contribution < -0.4 is 4.90 Å². The minimum absolute atomic E-state index is 0.244. The second-order valence-electron chi connectivity index (χ2n) is 5.56. The van der Waals surface area contributed by atoms with Crippen molar-refractivity contribution >= 4 is 5.69 Å². The van der Waals surface area contributed by atoms with Crippen LogP contribution in [0.25, 0.3) is 0 Å². The lowest BCUT2D eigenvalue weighted by Gasteiger charge is -2.35. The Kier molecular flexibility index (Phi) is 4.05. The minimum Gasteiger partial charge on any atom is -0.371 e. The van der Waals surface area contributed by atoms with Crippen LogP contribution in [0.4, 0.5) is 18.9 Å². The molecule has 1 aromatic heterocycles. The van der Waals surface area contributed by atoms with Crippen molar-refractivity contribution in [2.24, 2.45) is 0 Å². The standard InChI is InChI=1S/C17H17F3N2/c18-17(19,20)15-12-21-9-6-16(15)22-10-7-14(8-11-22)13-4-2-1-3-5-13/h1-6,9,12,14H,7-8,10-11H2. The highest BCUT2D eigenvalue weighted by Crippen LogP contribution is 2.38. The number of piperidine rings is 1. The fourth-order valence-corrected chi connectivity index (χ4v) is 3.06. The van der Waals surface area contributed by atoms with Gasteiger partial charge in [-0.3, -0.25) is 4.98 Å². The largest absolute Gasteiger partial charge is 0.419 e. The van der Waals surface area contributed by atoms with Crippen LogP contribution in [0.2, 0.25) is 0 Å². The summed E-state index contributed by atoms with van der Waals surface area (Å²) in [5.74, 6) is 0.425. The lowest BCUT2D eigenvalue weighted by molar-refractivity contribution is -0.137. The van der Waals surface area contributed by atoms with Crippen molar-refractivity contribution in [3.05, 3.63) is 59.9 Å². The molecular formula is C17H17F3N2. The van der Waals surface area contributed by atoms with E-state index in [1.807, 2.05) is 23.1 Å². The summed E-state index contributed by atoms with van der Waals surface area (Å²) in [6.07, 6.45) is -0.292. The third-order valence-corrected chi connectivity index (χ3v) is 4.21. The van der Waals surface area contributed by atoms with Crippen molar-refractivity contribution in [1.82, 2.24) is 4.98 Å². The van der Waals surface area contributed by atoms with Gasteiger partial charge in [0.25, 0.3) is 0 Å². The summed E-state index contributed by atoms with van der Waals surface area (Å²) in [7, 11) is 0. The number of pyridine rings is 1. The molecule has 0 spiro atoms. The molecule has 0 unspecified atom stereocenters. The molecule has 1 fully saturated rings. The lowest BCUT2D eigenvalue weighted by atomic mass is 9.89. The molecule has 0 aliphatic carbocycles. The summed E-state index contributed by atoms with van der Waals surface area (Å²) >= 11 is 0. The first-order valence-electron chi connectivity index (χ1n) is 7.37. The normalized spacial score (nSPS) is 16.8. The van der Waals surface area contributed by atoms with Gasteiger partial charge in [-0.05, 0) is 30.4 Å². The van der Waals surface area contributed by atoms with Crippen molar-refractivity contribution < 1.29 is 13.2 Å². The first-order valence-corrected chi connectivity index (χ1v) is 7.37. The Bertz CT molecular complexity index is 617. The van der Waals surface area contributed by atoms with Crippen LogP contribution in [0.3, 0.4) is 0 Å². The summed E-state index contributed by atoms with van der Waals surface area (Å²) < 4.78 is 39.2. The Morgan fingerprint density at radius 3 is 2.32 bits per heavy atom. The van der Waals surface area contributed by atoms with E-state index in [0.29, 0.717) is 19.0 Å². The lowest BCUT2D eigenvalue weighted by Crippen LogP contribution is -2.34.